The van der Waals surface area contributed by atoms with Crippen molar-refractivity contribution >= 4 is 0 Å². The van der Waals surface area contributed by atoms with E-state index in [0.29, 0.717) is 5.41 Å². The Morgan fingerprint density at radius 2 is 2.05 bits per heavy atom. The Morgan fingerprint density at radius 1 is 1.38 bits per heavy atom. The zero-order chi connectivity index (χ0) is 15.5. The standard InChI is InChI=1S/C17H28N4/c1-5-10-21-15(19-13-20-21)11-17(12-18)8-6-14(7-9-17)16(2,3)4/h13-14H,5-11H2,1-4H3. The normalized spacial score (nSPS) is 26.5. The van der Waals surface area contributed by atoms with Crippen LogP contribution in [0.4, 0.5) is 0 Å². The highest BCUT2D eigenvalue weighted by molar-refractivity contribution is 5.08. The monoisotopic (exact) mass is 288 g/mol. The van der Waals surface area contributed by atoms with Crippen molar-refractivity contribution in [2.75, 3.05) is 0 Å². The van der Waals surface area contributed by atoms with E-state index in [4.69, 9.17) is 0 Å². The van der Waals surface area contributed by atoms with Gasteiger partial charge in [0.05, 0.1) is 11.5 Å². The molecule has 116 valence electrons. The molecular formula is C17H28N4. The summed E-state index contributed by atoms with van der Waals surface area (Å²) in [5, 5.41) is 14.0. The van der Waals surface area contributed by atoms with Gasteiger partial charge in [0.1, 0.15) is 12.2 Å². The van der Waals surface area contributed by atoms with Crippen molar-refractivity contribution in [3.05, 3.63) is 12.2 Å². The van der Waals surface area contributed by atoms with Crippen molar-refractivity contribution in [3.63, 3.8) is 0 Å². The number of hydrogen-bond acceptors (Lipinski definition) is 3. The van der Waals surface area contributed by atoms with E-state index >= 15 is 0 Å². The van der Waals surface area contributed by atoms with Crippen molar-refractivity contribution in [1.82, 2.24) is 14.8 Å². The van der Waals surface area contributed by atoms with Gasteiger partial charge in [-0.25, -0.2) is 4.98 Å². The lowest BCUT2D eigenvalue weighted by molar-refractivity contribution is 0.119. The maximum atomic E-state index is 9.74. The first-order chi connectivity index (χ1) is 9.90. The van der Waals surface area contributed by atoms with Gasteiger partial charge in [0.15, 0.2) is 0 Å². The molecule has 0 atom stereocenters. The Hall–Kier alpha value is -1.37. The van der Waals surface area contributed by atoms with Gasteiger partial charge in [-0.1, -0.05) is 27.7 Å². The highest BCUT2D eigenvalue weighted by Gasteiger charge is 2.39. The van der Waals surface area contributed by atoms with Crippen LogP contribution in [0.15, 0.2) is 6.33 Å². The van der Waals surface area contributed by atoms with E-state index in [1.165, 1.54) is 0 Å². The Balaban J connectivity index is 2.07. The minimum absolute atomic E-state index is 0.236. The first-order valence-electron chi connectivity index (χ1n) is 8.18. The molecule has 21 heavy (non-hydrogen) atoms. The van der Waals surface area contributed by atoms with Gasteiger partial charge in [-0.2, -0.15) is 10.4 Å². The average molecular weight is 288 g/mol. The van der Waals surface area contributed by atoms with Crippen LogP contribution in [-0.4, -0.2) is 14.8 Å². The van der Waals surface area contributed by atoms with Crippen molar-refractivity contribution in [3.8, 4) is 6.07 Å². The van der Waals surface area contributed by atoms with E-state index in [0.717, 1.165) is 56.8 Å². The summed E-state index contributed by atoms with van der Waals surface area (Å²) in [5.41, 5.74) is 0.115. The van der Waals surface area contributed by atoms with Crippen LogP contribution in [0.2, 0.25) is 0 Å². The minimum atomic E-state index is -0.236. The molecule has 1 heterocycles. The van der Waals surface area contributed by atoms with Crippen molar-refractivity contribution in [2.24, 2.45) is 16.7 Å². The van der Waals surface area contributed by atoms with Gasteiger partial charge in [-0.3, -0.25) is 4.68 Å². The maximum Gasteiger partial charge on any atom is 0.138 e. The summed E-state index contributed by atoms with van der Waals surface area (Å²) in [5.74, 6) is 1.71. The molecule has 1 fully saturated rings. The highest BCUT2D eigenvalue weighted by atomic mass is 15.3. The molecular weight excluding hydrogens is 260 g/mol. The topological polar surface area (TPSA) is 54.5 Å². The van der Waals surface area contributed by atoms with E-state index in [1.807, 2.05) is 4.68 Å². The van der Waals surface area contributed by atoms with E-state index in [1.54, 1.807) is 6.33 Å². The second kappa shape index (κ2) is 6.17. The fraction of sp³-hybridized carbons (Fsp3) is 0.824. The molecule has 0 saturated heterocycles. The SMILES string of the molecule is CCCn1ncnc1CC1(C#N)CCC(C(C)(C)C)CC1. The van der Waals surface area contributed by atoms with Crippen LogP contribution in [0.3, 0.4) is 0 Å². The number of nitriles is 1. The molecule has 4 heteroatoms. The highest BCUT2D eigenvalue weighted by Crippen LogP contribution is 2.46. The molecule has 4 nitrogen and oxygen atoms in total. The minimum Gasteiger partial charge on any atom is -0.250 e. The smallest absolute Gasteiger partial charge is 0.138 e. The molecule has 0 amide bonds. The van der Waals surface area contributed by atoms with Crippen LogP contribution in [0.1, 0.15) is 65.6 Å². The fourth-order valence-corrected chi connectivity index (χ4v) is 3.49. The molecule has 0 aromatic carbocycles. The zero-order valence-electron chi connectivity index (χ0n) is 13.9. The summed E-state index contributed by atoms with van der Waals surface area (Å²) in [6, 6.07) is 2.62. The third kappa shape index (κ3) is 3.64. The van der Waals surface area contributed by atoms with E-state index < -0.39 is 0 Å². The molecule has 1 aliphatic rings. The summed E-state index contributed by atoms with van der Waals surface area (Å²) >= 11 is 0. The molecule has 1 aromatic rings. The van der Waals surface area contributed by atoms with Gasteiger partial charge in [-0.05, 0) is 43.4 Å². The second-order valence-electron chi connectivity index (χ2n) is 7.61. The van der Waals surface area contributed by atoms with Gasteiger partial charge in [0, 0.05) is 13.0 Å². The predicted octanol–water partition coefficient (Wildman–Crippen LogP) is 3.98. The number of nitrogens with zero attached hydrogens (tertiary/aromatic N) is 4. The Morgan fingerprint density at radius 3 is 2.57 bits per heavy atom. The zero-order valence-corrected chi connectivity index (χ0v) is 13.9. The molecule has 0 N–H and O–H groups in total. The van der Waals surface area contributed by atoms with Crippen LogP contribution in [0.5, 0.6) is 0 Å². The summed E-state index contributed by atoms with van der Waals surface area (Å²) in [6.07, 6.45) is 7.70. The maximum absolute atomic E-state index is 9.74. The number of hydrogen-bond donors (Lipinski definition) is 0. The summed E-state index contributed by atoms with van der Waals surface area (Å²) in [7, 11) is 0. The first-order valence-corrected chi connectivity index (χ1v) is 8.18. The molecule has 1 aliphatic carbocycles. The lowest BCUT2D eigenvalue weighted by Gasteiger charge is -2.40. The predicted molar refractivity (Wildman–Crippen MR) is 83.5 cm³/mol. The summed E-state index contributed by atoms with van der Waals surface area (Å²) < 4.78 is 1.97. The molecule has 0 aliphatic heterocycles. The number of aryl methyl sites for hydroxylation is 1. The third-order valence-electron chi connectivity index (χ3n) is 5.03. The Bertz CT molecular complexity index is 496. The van der Waals surface area contributed by atoms with E-state index in [9.17, 15) is 5.26 Å². The molecule has 0 radical (unpaired) electrons. The van der Waals surface area contributed by atoms with Crippen LogP contribution >= 0.6 is 0 Å². The van der Waals surface area contributed by atoms with Crippen molar-refractivity contribution in [2.45, 2.75) is 72.8 Å². The summed E-state index contributed by atoms with van der Waals surface area (Å²) in [6.45, 7) is 9.97. The van der Waals surface area contributed by atoms with E-state index in [-0.39, 0.29) is 5.41 Å². The van der Waals surface area contributed by atoms with Gasteiger partial charge in [0.2, 0.25) is 0 Å². The lowest BCUT2D eigenvalue weighted by Crippen LogP contribution is -2.34. The Kier molecular flexibility index (Phi) is 4.70. The molecule has 1 aromatic heterocycles. The largest absolute Gasteiger partial charge is 0.250 e. The van der Waals surface area contributed by atoms with Gasteiger partial charge >= 0.3 is 0 Å². The van der Waals surface area contributed by atoms with Crippen molar-refractivity contribution < 1.29 is 0 Å². The quantitative estimate of drug-likeness (QED) is 0.842. The molecule has 0 unspecified atom stereocenters. The molecule has 0 bridgehead atoms. The molecule has 0 spiro atoms. The van der Waals surface area contributed by atoms with Crippen molar-refractivity contribution in [1.29, 1.82) is 5.26 Å². The van der Waals surface area contributed by atoms with Gasteiger partial charge in [0.25, 0.3) is 0 Å². The summed E-state index contributed by atoms with van der Waals surface area (Å²) in [4.78, 5) is 4.39. The number of aromatic nitrogens is 3. The van der Waals surface area contributed by atoms with Gasteiger partial charge < -0.3 is 0 Å². The average Bonchev–Trinajstić information content (AvgIpc) is 2.86. The van der Waals surface area contributed by atoms with Crippen LogP contribution < -0.4 is 0 Å². The lowest BCUT2D eigenvalue weighted by atomic mass is 9.63. The molecule has 1 saturated carbocycles. The second-order valence-corrected chi connectivity index (χ2v) is 7.61. The van der Waals surface area contributed by atoms with Crippen LogP contribution in [-0.2, 0) is 13.0 Å². The van der Waals surface area contributed by atoms with Crippen LogP contribution in [0, 0.1) is 28.1 Å². The number of rotatable bonds is 4. The van der Waals surface area contributed by atoms with Crippen LogP contribution in [0.25, 0.3) is 0 Å². The van der Waals surface area contributed by atoms with E-state index in [2.05, 4.69) is 43.8 Å². The van der Waals surface area contributed by atoms with Gasteiger partial charge in [-0.15, -0.1) is 0 Å². The molecule has 2 rings (SSSR count). The Labute approximate surface area is 128 Å². The fourth-order valence-electron chi connectivity index (χ4n) is 3.49. The third-order valence-corrected chi connectivity index (χ3v) is 5.03. The first kappa shape index (κ1) is 16.0.